The largest absolute Gasteiger partial charge is 0.766 e. The van der Waals surface area contributed by atoms with Gasteiger partial charge in [-0.1, -0.05) is 15.9 Å². The van der Waals surface area contributed by atoms with Gasteiger partial charge in [-0.15, -0.1) is 0 Å². The van der Waals surface area contributed by atoms with E-state index in [-0.39, 0.29) is 5.16 Å². The van der Waals surface area contributed by atoms with Crippen LogP contribution in [0.1, 0.15) is 0 Å². The van der Waals surface area contributed by atoms with Crippen molar-refractivity contribution in [2.45, 2.75) is 5.16 Å². The molecule has 0 aliphatic rings. The molecule has 0 radical (unpaired) electrons. The first-order valence-corrected chi connectivity index (χ1v) is 5.28. The van der Waals surface area contributed by atoms with Crippen LogP contribution in [0.4, 0.5) is 0 Å². The predicted octanol–water partition coefficient (Wildman–Crippen LogP) is 1.56. The molecule has 2 rings (SSSR count). The second-order valence-electron chi connectivity index (χ2n) is 2.44. The number of nitrogens with zero attached hydrogens (tertiary/aromatic N) is 1. The van der Waals surface area contributed by atoms with Crippen LogP contribution >= 0.6 is 15.9 Å². The first kappa shape index (κ1) is 8.86. The second kappa shape index (κ2) is 3.21. The van der Waals surface area contributed by atoms with Crippen LogP contribution in [0.3, 0.4) is 0 Å². The number of H-pyrrole nitrogens is 1. The monoisotopic (exact) mass is 259 g/mol. The molecule has 0 spiro atoms. The Labute approximate surface area is 84.8 Å². The Kier molecular flexibility index (Phi) is 2.19. The second-order valence-corrected chi connectivity index (χ2v) is 4.21. The van der Waals surface area contributed by atoms with Crippen molar-refractivity contribution in [3.63, 3.8) is 0 Å². The normalized spacial score (nSPS) is 13.4. The highest BCUT2D eigenvalue weighted by molar-refractivity contribution is 9.10. The highest BCUT2D eigenvalue weighted by Crippen LogP contribution is 2.18. The van der Waals surface area contributed by atoms with E-state index in [1.165, 1.54) is 0 Å². The van der Waals surface area contributed by atoms with Gasteiger partial charge in [0.2, 0.25) is 0 Å². The van der Waals surface area contributed by atoms with Crippen molar-refractivity contribution in [1.29, 1.82) is 0 Å². The molecular formula is C7H4BrN2O2S-. The van der Waals surface area contributed by atoms with Crippen LogP contribution in [0, 0.1) is 0 Å². The number of benzene rings is 1. The Bertz CT molecular complexity index is 482. The van der Waals surface area contributed by atoms with Crippen molar-refractivity contribution in [3.8, 4) is 0 Å². The Morgan fingerprint density at radius 3 is 3.00 bits per heavy atom. The van der Waals surface area contributed by atoms with E-state index in [0.717, 1.165) is 4.47 Å². The third kappa shape index (κ3) is 1.65. The maximum Gasteiger partial charge on any atom is 0.183 e. The van der Waals surface area contributed by atoms with Gasteiger partial charge in [0.15, 0.2) is 5.16 Å². The molecule has 4 nitrogen and oxygen atoms in total. The lowest BCUT2D eigenvalue weighted by Crippen LogP contribution is -1.89. The molecular weight excluding hydrogens is 256 g/mol. The fourth-order valence-electron chi connectivity index (χ4n) is 1.04. The summed E-state index contributed by atoms with van der Waals surface area (Å²) in [4.78, 5) is 6.55. The number of imidazole rings is 1. The van der Waals surface area contributed by atoms with Crippen LogP contribution in [0.5, 0.6) is 0 Å². The fraction of sp³-hybridized carbons (Fsp3) is 0. The molecule has 0 aliphatic heterocycles. The van der Waals surface area contributed by atoms with E-state index in [4.69, 9.17) is 0 Å². The lowest BCUT2D eigenvalue weighted by atomic mass is 10.3. The van der Waals surface area contributed by atoms with E-state index in [1.807, 2.05) is 0 Å². The van der Waals surface area contributed by atoms with Gasteiger partial charge in [-0.05, 0) is 18.2 Å². The molecule has 1 heterocycles. The van der Waals surface area contributed by atoms with Gasteiger partial charge in [0.25, 0.3) is 0 Å². The van der Waals surface area contributed by atoms with Crippen LogP contribution in [0.25, 0.3) is 11.0 Å². The molecule has 0 saturated carbocycles. The van der Waals surface area contributed by atoms with Crippen molar-refractivity contribution in [3.05, 3.63) is 22.7 Å². The molecule has 1 unspecified atom stereocenters. The van der Waals surface area contributed by atoms with Crippen molar-refractivity contribution >= 4 is 38.0 Å². The summed E-state index contributed by atoms with van der Waals surface area (Å²) in [5.41, 5.74) is 1.34. The molecule has 0 saturated heterocycles. The highest BCUT2D eigenvalue weighted by Gasteiger charge is 2.02. The van der Waals surface area contributed by atoms with Crippen molar-refractivity contribution in [1.82, 2.24) is 9.97 Å². The average Bonchev–Trinajstić information content (AvgIpc) is 2.46. The highest BCUT2D eigenvalue weighted by atomic mass is 79.9. The van der Waals surface area contributed by atoms with E-state index in [2.05, 4.69) is 25.9 Å². The van der Waals surface area contributed by atoms with Gasteiger partial charge in [-0.25, -0.2) is 4.98 Å². The zero-order valence-electron chi connectivity index (χ0n) is 6.28. The Morgan fingerprint density at radius 2 is 2.31 bits per heavy atom. The van der Waals surface area contributed by atoms with E-state index >= 15 is 0 Å². The van der Waals surface area contributed by atoms with Gasteiger partial charge >= 0.3 is 0 Å². The Morgan fingerprint density at radius 1 is 1.54 bits per heavy atom. The minimum Gasteiger partial charge on any atom is -0.766 e. The topological polar surface area (TPSA) is 68.8 Å². The summed E-state index contributed by atoms with van der Waals surface area (Å²) in [7, 11) is 0. The van der Waals surface area contributed by atoms with Crippen LogP contribution in [0.2, 0.25) is 0 Å². The van der Waals surface area contributed by atoms with Gasteiger partial charge < -0.3 is 9.54 Å². The Hall–Kier alpha value is -0.720. The van der Waals surface area contributed by atoms with Gasteiger partial charge in [0, 0.05) is 15.6 Å². The van der Waals surface area contributed by atoms with E-state index in [1.54, 1.807) is 18.2 Å². The molecule has 0 aliphatic carbocycles. The summed E-state index contributed by atoms with van der Waals surface area (Å²) >= 11 is 0.977. The smallest absolute Gasteiger partial charge is 0.183 e. The van der Waals surface area contributed by atoms with Crippen LogP contribution in [0.15, 0.2) is 27.8 Å². The zero-order chi connectivity index (χ0) is 9.42. The SMILES string of the molecule is O=S([O-])c1nc2ccc(Br)cc2[nH]1. The molecule has 0 bridgehead atoms. The number of aromatic nitrogens is 2. The maximum atomic E-state index is 10.6. The predicted molar refractivity (Wildman–Crippen MR) is 51.0 cm³/mol. The Balaban J connectivity index is 2.68. The average molecular weight is 260 g/mol. The number of hydrogen-bond acceptors (Lipinski definition) is 3. The van der Waals surface area contributed by atoms with Gasteiger partial charge in [-0.3, -0.25) is 4.21 Å². The molecule has 1 N–H and O–H groups in total. The molecule has 0 fully saturated rings. The summed E-state index contributed by atoms with van der Waals surface area (Å²) in [5, 5.41) is -0.0342. The third-order valence-corrected chi connectivity index (χ3v) is 2.58. The van der Waals surface area contributed by atoms with Crippen LogP contribution in [-0.4, -0.2) is 18.7 Å². The van der Waals surface area contributed by atoms with E-state index < -0.39 is 11.1 Å². The lowest BCUT2D eigenvalue weighted by Gasteiger charge is -1.96. The van der Waals surface area contributed by atoms with E-state index in [0.29, 0.717) is 11.0 Å². The van der Waals surface area contributed by atoms with Gasteiger partial charge in [-0.2, -0.15) is 0 Å². The maximum absolute atomic E-state index is 10.6. The van der Waals surface area contributed by atoms with Gasteiger partial charge in [0.05, 0.1) is 11.0 Å². The first-order valence-electron chi connectivity index (χ1n) is 3.41. The first-order chi connectivity index (χ1) is 6.16. The molecule has 68 valence electrons. The molecule has 0 amide bonds. The fourth-order valence-corrected chi connectivity index (χ4v) is 1.76. The van der Waals surface area contributed by atoms with Gasteiger partial charge in [0.1, 0.15) is 0 Å². The van der Waals surface area contributed by atoms with Crippen molar-refractivity contribution < 1.29 is 8.76 Å². The number of aromatic amines is 1. The third-order valence-electron chi connectivity index (χ3n) is 1.58. The number of rotatable bonds is 1. The summed E-state index contributed by atoms with van der Waals surface area (Å²) in [6.45, 7) is 0. The standard InChI is InChI=1S/C7H5BrN2O2S/c8-4-1-2-5-6(3-4)10-7(9-5)13(11)12/h1-3H,(H,9,10)(H,11,12)/p-1. The molecule has 1 aromatic carbocycles. The quantitative estimate of drug-likeness (QED) is 0.791. The lowest BCUT2D eigenvalue weighted by molar-refractivity contribution is 0.530. The summed E-state index contributed by atoms with van der Waals surface area (Å²) in [6, 6.07) is 5.33. The molecule has 2 aromatic rings. The molecule has 1 atom stereocenters. The zero-order valence-corrected chi connectivity index (χ0v) is 8.68. The van der Waals surface area contributed by atoms with Crippen molar-refractivity contribution in [2.24, 2.45) is 0 Å². The number of fused-ring (bicyclic) bond motifs is 1. The minimum absolute atomic E-state index is 0.0342. The summed E-state index contributed by atoms with van der Waals surface area (Å²) < 4.78 is 22.0. The van der Waals surface area contributed by atoms with Crippen molar-refractivity contribution in [2.75, 3.05) is 0 Å². The molecule has 6 heteroatoms. The molecule has 13 heavy (non-hydrogen) atoms. The number of hydrogen-bond donors (Lipinski definition) is 1. The number of halogens is 1. The summed E-state index contributed by atoms with van der Waals surface area (Å²) in [5.74, 6) is 0. The van der Waals surface area contributed by atoms with Crippen LogP contribution in [-0.2, 0) is 11.1 Å². The minimum atomic E-state index is -2.30. The number of nitrogens with one attached hydrogen (secondary N) is 1. The summed E-state index contributed by atoms with van der Waals surface area (Å²) in [6.07, 6.45) is 0. The molecule has 1 aromatic heterocycles. The van der Waals surface area contributed by atoms with Crippen LogP contribution < -0.4 is 0 Å². The van der Waals surface area contributed by atoms with E-state index in [9.17, 15) is 8.76 Å².